The Bertz CT molecular complexity index is 1020. The van der Waals surface area contributed by atoms with E-state index >= 15 is 0 Å². The van der Waals surface area contributed by atoms with Crippen molar-refractivity contribution in [2.45, 2.75) is 6.92 Å². The van der Waals surface area contributed by atoms with Crippen molar-refractivity contribution in [2.75, 3.05) is 11.7 Å². The minimum absolute atomic E-state index is 0.00544. The van der Waals surface area contributed by atoms with Crippen LogP contribution in [0.5, 0.6) is 11.5 Å². The number of nitro benzene ring substituents is 1. The number of thioether (sulfide) groups is 1. The highest BCUT2D eigenvalue weighted by Gasteiger charge is 2.34. The molecular weight excluding hydrogens is 388 g/mol. The van der Waals surface area contributed by atoms with Gasteiger partial charge in [0.15, 0.2) is 15.8 Å². The lowest BCUT2D eigenvalue weighted by Crippen LogP contribution is -2.27. The Morgan fingerprint density at radius 2 is 1.89 bits per heavy atom. The van der Waals surface area contributed by atoms with Crippen LogP contribution in [0, 0.1) is 17.0 Å². The van der Waals surface area contributed by atoms with E-state index < -0.39 is 4.92 Å². The Hall–Kier alpha value is -2.91. The van der Waals surface area contributed by atoms with E-state index in [1.807, 2.05) is 31.2 Å². The van der Waals surface area contributed by atoms with Crippen LogP contribution in [0.1, 0.15) is 11.1 Å². The number of ether oxygens (including phenoxy) is 2. The molecule has 2 aromatic carbocycles. The number of amides is 1. The van der Waals surface area contributed by atoms with Crippen molar-refractivity contribution in [3.05, 3.63) is 62.5 Å². The van der Waals surface area contributed by atoms with Crippen molar-refractivity contribution in [3.63, 3.8) is 0 Å². The Kier molecular flexibility index (Phi) is 4.33. The molecule has 0 N–H and O–H groups in total. The topological polar surface area (TPSA) is 81.9 Å². The van der Waals surface area contributed by atoms with E-state index in [0.717, 1.165) is 17.3 Å². The van der Waals surface area contributed by atoms with E-state index in [1.54, 1.807) is 0 Å². The van der Waals surface area contributed by atoms with Gasteiger partial charge in [-0.1, -0.05) is 41.7 Å². The zero-order valence-electron chi connectivity index (χ0n) is 14.0. The second kappa shape index (κ2) is 6.67. The van der Waals surface area contributed by atoms with E-state index in [1.165, 1.54) is 23.1 Å². The van der Waals surface area contributed by atoms with Crippen LogP contribution in [0.3, 0.4) is 0 Å². The highest BCUT2D eigenvalue weighted by Crippen LogP contribution is 2.41. The van der Waals surface area contributed by atoms with Crippen molar-refractivity contribution < 1.29 is 19.2 Å². The molecule has 0 saturated carbocycles. The Morgan fingerprint density at radius 1 is 1.22 bits per heavy atom. The zero-order valence-corrected chi connectivity index (χ0v) is 15.6. The van der Waals surface area contributed by atoms with Gasteiger partial charge in [0, 0.05) is 0 Å². The van der Waals surface area contributed by atoms with Gasteiger partial charge in [-0.25, -0.2) is 0 Å². The molecule has 0 bridgehead atoms. The van der Waals surface area contributed by atoms with Crippen LogP contribution in [-0.4, -0.2) is 21.9 Å². The first-order valence-corrected chi connectivity index (χ1v) is 9.09. The Morgan fingerprint density at radius 3 is 2.56 bits per heavy atom. The molecule has 2 aliphatic rings. The molecular formula is C18H12N2O5S2. The maximum atomic E-state index is 12.8. The van der Waals surface area contributed by atoms with Crippen molar-refractivity contribution in [1.29, 1.82) is 0 Å². The van der Waals surface area contributed by atoms with Crippen LogP contribution in [-0.2, 0) is 4.79 Å². The van der Waals surface area contributed by atoms with E-state index in [0.29, 0.717) is 26.4 Å². The van der Waals surface area contributed by atoms with Crippen molar-refractivity contribution >= 4 is 51.7 Å². The fraction of sp³-hybridized carbons (Fsp3) is 0.111. The lowest BCUT2D eigenvalue weighted by molar-refractivity contribution is -0.385. The summed E-state index contributed by atoms with van der Waals surface area (Å²) in [5.74, 6) is 0.396. The SMILES string of the molecule is Cc1ccc(N2C(=O)/C(=C\c3cc4c(cc3[N+](=O)[O-])OCO4)SC2=S)cc1. The second-order valence-electron chi connectivity index (χ2n) is 5.87. The summed E-state index contributed by atoms with van der Waals surface area (Å²) in [5.41, 5.74) is 1.82. The third-order valence-corrected chi connectivity index (χ3v) is 5.39. The molecule has 1 fully saturated rings. The number of aryl methyl sites for hydroxylation is 1. The van der Waals surface area contributed by atoms with E-state index in [9.17, 15) is 14.9 Å². The molecule has 0 unspecified atom stereocenters. The van der Waals surface area contributed by atoms with Gasteiger partial charge >= 0.3 is 0 Å². The first-order chi connectivity index (χ1) is 12.9. The summed E-state index contributed by atoms with van der Waals surface area (Å²) >= 11 is 6.44. The molecule has 2 aliphatic heterocycles. The Balaban J connectivity index is 1.73. The van der Waals surface area contributed by atoms with Crippen molar-refractivity contribution in [3.8, 4) is 11.5 Å². The first kappa shape index (κ1) is 17.5. The summed E-state index contributed by atoms with van der Waals surface area (Å²) in [7, 11) is 0. The maximum Gasteiger partial charge on any atom is 0.280 e. The molecule has 0 atom stereocenters. The monoisotopic (exact) mass is 400 g/mol. The lowest BCUT2D eigenvalue weighted by atomic mass is 10.1. The molecule has 0 aliphatic carbocycles. The van der Waals surface area contributed by atoms with E-state index in [-0.39, 0.29) is 24.0 Å². The van der Waals surface area contributed by atoms with Gasteiger partial charge in [0.2, 0.25) is 6.79 Å². The molecule has 9 heteroatoms. The summed E-state index contributed by atoms with van der Waals surface area (Å²) in [4.78, 5) is 25.5. The van der Waals surface area contributed by atoms with Crippen LogP contribution >= 0.6 is 24.0 Å². The number of fused-ring (bicyclic) bond motifs is 1. The minimum Gasteiger partial charge on any atom is -0.454 e. The molecule has 4 rings (SSSR count). The first-order valence-electron chi connectivity index (χ1n) is 7.87. The van der Waals surface area contributed by atoms with Crippen molar-refractivity contribution in [1.82, 2.24) is 0 Å². The highest BCUT2D eigenvalue weighted by molar-refractivity contribution is 8.27. The number of rotatable bonds is 3. The average molecular weight is 400 g/mol. The minimum atomic E-state index is -0.519. The average Bonchev–Trinajstić information content (AvgIpc) is 3.19. The maximum absolute atomic E-state index is 12.8. The van der Waals surface area contributed by atoms with Gasteiger partial charge in [-0.05, 0) is 31.2 Å². The lowest BCUT2D eigenvalue weighted by Gasteiger charge is -2.14. The van der Waals surface area contributed by atoms with Crippen LogP contribution in [0.4, 0.5) is 11.4 Å². The number of nitrogens with zero attached hydrogens (tertiary/aromatic N) is 2. The molecule has 2 aromatic rings. The summed E-state index contributed by atoms with van der Waals surface area (Å²) in [6.07, 6.45) is 1.47. The third kappa shape index (κ3) is 3.15. The normalized spacial score (nSPS) is 17.1. The Labute approximate surface area is 163 Å². The van der Waals surface area contributed by atoms with Gasteiger partial charge in [0.25, 0.3) is 11.6 Å². The molecule has 1 amide bonds. The highest BCUT2D eigenvalue weighted by atomic mass is 32.2. The van der Waals surface area contributed by atoms with Gasteiger partial charge in [0.05, 0.1) is 27.1 Å². The molecule has 27 heavy (non-hydrogen) atoms. The zero-order chi connectivity index (χ0) is 19.1. The van der Waals surface area contributed by atoms with E-state index in [2.05, 4.69) is 0 Å². The fourth-order valence-corrected chi connectivity index (χ4v) is 4.04. The second-order valence-corrected chi connectivity index (χ2v) is 7.55. The quantitative estimate of drug-likeness (QED) is 0.333. The van der Waals surface area contributed by atoms with Gasteiger partial charge < -0.3 is 9.47 Å². The molecule has 0 spiro atoms. The van der Waals surface area contributed by atoms with Crippen LogP contribution in [0.15, 0.2) is 41.3 Å². The van der Waals surface area contributed by atoms with Crippen LogP contribution in [0.25, 0.3) is 6.08 Å². The summed E-state index contributed by atoms with van der Waals surface area (Å²) in [6.45, 7) is 1.96. The summed E-state index contributed by atoms with van der Waals surface area (Å²) in [6, 6.07) is 10.2. The molecule has 7 nitrogen and oxygen atoms in total. The van der Waals surface area contributed by atoms with Crippen LogP contribution in [0.2, 0.25) is 0 Å². The summed E-state index contributed by atoms with van der Waals surface area (Å²) in [5, 5.41) is 11.4. The largest absolute Gasteiger partial charge is 0.454 e. The van der Waals surface area contributed by atoms with Gasteiger partial charge in [0.1, 0.15) is 0 Å². The fourth-order valence-electron chi connectivity index (χ4n) is 2.75. The number of nitro groups is 1. The number of hydrogen-bond acceptors (Lipinski definition) is 7. The predicted octanol–water partition coefficient (Wildman–Crippen LogP) is 4.04. The number of thiocarbonyl (C=S) groups is 1. The predicted molar refractivity (Wildman–Crippen MR) is 106 cm³/mol. The number of carbonyl (C=O) groups excluding carboxylic acids is 1. The van der Waals surface area contributed by atoms with Crippen molar-refractivity contribution in [2.24, 2.45) is 0 Å². The molecule has 0 aromatic heterocycles. The number of carbonyl (C=O) groups is 1. The smallest absolute Gasteiger partial charge is 0.280 e. The molecule has 136 valence electrons. The molecule has 0 radical (unpaired) electrons. The number of benzene rings is 2. The van der Waals surface area contributed by atoms with Gasteiger partial charge in [-0.3, -0.25) is 19.8 Å². The van der Waals surface area contributed by atoms with Gasteiger partial charge in [-0.15, -0.1) is 0 Å². The number of anilines is 1. The number of hydrogen-bond donors (Lipinski definition) is 0. The molecule has 2 heterocycles. The molecule has 1 saturated heterocycles. The summed E-state index contributed by atoms with van der Waals surface area (Å²) < 4.78 is 10.8. The van der Waals surface area contributed by atoms with Gasteiger partial charge in [-0.2, -0.15) is 0 Å². The van der Waals surface area contributed by atoms with E-state index in [4.69, 9.17) is 21.7 Å². The van der Waals surface area contributed by atoms with Crippen LogP contribution < -0.4 is 14.4 Å². The standard InChI is InChI=1S/C18H12N2O5S2/c1-10-2-4-12(5-3-10)19-17(21)16(27-18(19)26)7-11-6-14-15(25-9-24-14)8-13(11)20(22)23/h2-8H,9H2,1H3/b16-7+. The third-order valence-electron chi connectivity index (χ3n) is 4.09.